The van der Waals surface area contributed by atoms with Gasteiger partial charge in [0.25, 0.3) is 0 Å². The molecule has 17 heavy (non-hydrogen) atoms. The van der Waals surface area contributed by atoms with Crippen LogP contribution >= 0.6 is 0 Å². The minimum Gasteiger partial charge on any atom is -0.477 e. The zero-order valence-electron chi connectivity index (χ0n) is 9.51. The first-order chi connectivity index (χ1) is 8.20. The number of carbonyl (C=O) groups is 1. The van der Waals surface area contributed by atoms with Crippen LogP contribution in [0.25, 0.3) is 0 Å². The Morgan fingerprint density at radius 2 is 2.18 bits per heavy atom. The maximum Gasteiger partial charge on any atom is 0.354 e. The third-order valence-corrected chi connectivity index (χ3v) is 2.49. The molecule has 0 unspecified atom stereocenters. The van der Waals surface area contributed by atoms with E-state index in [0.717, 1.165) is 0 Å². The number of carboxylic acid groups (broad SMARTS) is 1. The highest BCUT2D eigenvalue weighted by Crippen LogP contribution is 2.16. The van der Waals surface area contributed by atoms with Crippen LogP contribution in [-0.4, -0.2) is 54.4 Å². The van der Waals surface area contributed by atoms with Gasteiger partial charge in [0, 0.05) is 26.2 Å². The summed E-state index contributed by atoms with van der Waals surface area (Å²) in [5.74, 6) is -0.130. The lowest BCUT2D eigenvalue weighted by atomic mass is 10.3. The summed E-state index contributed by atoms with van der Waals surface area (Å²) in [6.45, 7) is 2.67. The van der Waals surface area contributed by atoms with Crippen molar-refractivity contribution in [3.8, 4) is 0 Å². The van der Waals surface area contributed by atoms with Crippen molar-refractivity contribution in [3.63, 3.8) is 0 Å². The minimum absolute atomic E-state index is 0.00848. The molecule has 1 aromatic heterocycles. The average Bonchev–Trinajstić information content (AvgIpc) is 2.39. The van der Waals surface area contributed by atoms with Gasteiger partial charge in [0.2, 0.25) is 5.95 Å². The number of aromatic carboxylic acids is 1. The fourth-order valence-electron chi connectivity index (χ4n) is 1.61. The Balaban J connectivity index is 2.31. The zero-order valence-corrected chi connectivity index (χ0v) is 9.51. The number of rotatable bonds is 3. The van der Waals surface area contributed by atoms with Crippen LogP contribution in [-0.2, 0) is 4.74 Å². The van der Waals surface area contributed by atoms with E-state index < -0.39 is 5.97 Å². The summed E-state index contributed by atoms with van der Waals surface area (Å²) in [5.41, 5.74) is -0.00848. The summed E-state index contributed by atoms with van der Waals surface area (Å²) in [4.78, 5) is 21.0. The molecule has 1 saturated heterocycles. The first-order valence-corrected chi connectivity index (χ1v) is 5.33. The normalized spacial score (nSPS) is 15.7. The molecule has 2 rings (SSSR count). The van der Waals surface area contributed by atoms with Crippen molar-refractivity contribution in [2.45, 2.75) is 0 Å². The fraction of sp³-hybridized carbons (Fsp3) is 0.500. The van der Waals surface area contributed by atoms with Crippen LogP contribution in [0.3, 0.4) is 0 Å². The molecule has 0 bridgehead atoms. The van der Waals surface area contributed by atoms with Crippen molar-refractivity contribution < 1.29 is 14.6 Å². The molecule has 1 fully saturated rings. The van der Waals surface area contributed by atoms with E-state index in [0.29, 0.717) is 38.1 Å². The Hall–Kier alpha value is -1.89. The van der Waals surface area contributed by atoms with Gasteiger partial charge in [0.05, 0.1) is 13.2 Å². The molecule has 0 radical (unpaired) electrons. The maximum atomic E-state index is 10.9. The molecule has 0 spiro atoms. The van der Waals surface area contributed by atoms with Crippen LogP contribution in [0.5, 0.6) is 0 Å². The van der Waals surface area contributed by atoms with Crippen LogP contribution in [0.1, 0.15) is 10.5 Å². The van der Waals surface area contributed by atoms with Crippen LogP contribution in [0.4, 0.5) is 11.8 Å². The van der Waals surface area contributed by atoms with Crippen LogP contribution in [0.15, 0.2) is 6.07 Å². The Morgan fingerprint density at radius 1 is 1.47 bits per heavy atom. The van der Waals surface area contributed by atoms with Gasteiger partial charge in [-0.15, -0.1) is 0 Å². The van der Waals surface area contributed by atoms with E-state index >= 15 is 0 Å². The van der Waals surface area contributed by atoms with Gasteiger partial charge >= 0.3 is 5.97 Å². The third kappa shape index (κ3) is 2.62. The maximum absolute atomic E-state index is 10.9. The van der Waals surface area contributed by atoms with Gasteiger partial charge in [0.15, 0.2) is 5.69 Å². The van der Waals surface area contributed by atoms with E-state index in [9.17, 15) is 4.79 Å². The van der Waals surface area contributed by atoms with Gasteiger partial charge in [-0.25, -0.2) is 9.78 Å². The second-order valence-corrected chi connectivity index (χ2v) is 3.59. The molecular weight excluding hydrogens is 224 g/mol. The molecule has 0 aromatic carbocycles. The molecule has 0 atom stereocenters. The van der Waals surface area contributed by atoms with Gasteiger partial charge in [0.1, 0.15) is 5.82 Å². The van der Waals surface area contributed by atoms with Crippen LogP contribution < -0.4 is 10.2 Å². The molecule has 2 N–H and O–H groups in total. The van der Waals surface area contributed by atoms with Gasteiger partial charge in [-0.1, -0.05) is 0 Å². The summed E-state index contributed by atoms with van der Waals surface area (Å²) in [6, 6.07) is 1.48. The molecular formula is C10H14N4O3. The second-order valence-electron chi connectivity index (χ2n) is 3.59. The molecule has 1 aromatic rings. The number of morpholine rings is 1. The molecule has 7 heteroatoms. The number of anilines is 2. The highest BCUT2D eigenvalue weighted by molar-refractivity contribution is 5.86. The van der Waals surface area contributed by atoms with Gasteiger partial charge in [-0.05, 0) is 0 Å². The highest BCUT2D eigenvalue weighted by atomic mass is 16.5. The lowest BCUT2D eigenvalue weighted by Crippen LogP contribution is -2.37. The summed E-state index contributed by atoms with van der Waals surface area (Å²) < 4.78 is 5.24. The second kappa shape index (κ2) is 4.96. The molecule has 7 nitrogen and oxygen atoms in total. The Bertz CT molecular complexity index is 418. The SMILES string of the molecule is CNc1nc(C(=O)O)cc(N2CCOCC2)n1. The molecule has 2 heterocycles. The zero-order chi connectivity index (χ0) is 12.3. The molecule has 0 amide bonds. The Labute approximate surface area is 98.4 Å². The smallest absolute Gasteiger partial charge is 0.354 e. The minimum atomic E-state index is -1.06. The van der Waals surface area contributed by atoms with E-state index in [1.54, 1.807) is 7.05 Å². The van der Waals surface area contributed by atoms with E-state index in [4.69, 9.17) is 9.84 Å². The standard InChI is InChI=1S/C10H14N4O3/c1-11-10-12-7(9(15)16)6-8(13-10)14-2-4-17-5-3-14/h6H,2-5H2,1H3,(H,15,16)(H,11,12,13). The van der Waals surface area contributed by atoms with Gasteiger partial charge in [-0.2, -0.15) is 4.98 Å². The number of nitrogens with zero attached hydrogens (tertiary/aromatic N) is 3. The topological polar surface area (TPSA) is 87.6 Å². The fourth-order valence-corrected chi connectivity index (χ4v) is 1.61. The van der Waals surface area contributed by atoms with Crippen molar-refractivity contribution in [1.82, 2.24) is 9.97 Å². The van der Waals surface area contributed by atoms with E-state index in [1.165, 1.54) is 6.07 Å². The van der Waals surface area contributed by atoms with E-state index in [2.05, 4.69) is 15.3 Å². The summed E-state index contributed by atoms with van der Waals surface area (Å²) in [5, 5.41) is 11.7. The predicted molar refractivity (Wildman–Crippen MR) is 61.6 cm³/mol. The summed E-state index contributed by atoms with van der Waals surface area (Å²) in [6.07, 6.45) is 0. The number of ether oxygens (including phenoxy) is 1. The van der Waals surface area contributed by atoms with E-state index in [-0.39, 0.29) is 5.69 Å². The predicted octanol–water partition coefficient (Wildman–Crippen LogP) is 0.0531. The van der Waals surface area contributed by atoms with Crippen molar-refractivity contribution in [3.05, 3.63) is 11.8 Å². The van der Waals surface area contributed by atoms with Gasteiger partial charge < -0.3 is 20.1 Å². The first kappa shape index (κ1) is 11.6. The lowest BCUT2D eigenvalue weighted by molar-refractivity contribution is 0.0690. The quantitative estimate of drug-likeness (QED) is 0.769. The van der Waals surface area contributed by atoms with Gasteiger partial charge in [-0.3, -0.25) is 0 Å². The largest absolute Gasteiger partial charge is 0.477 e. The van der Waals surface area contributed by atoms with Crippen molar-refractivity contribution in [2.24, 2.45) is 0 Å². The first-order valence-electron chi connectivity index (χ1n) is 5.33. The summed E-state index contributed by atoms with van der Waals surface area (Å²) >= 11 is 0. The van der Waals surface area contributed by atoms with E-state index in [1.807, 2.05) is 4.90 Å². The number of carboxylic acids is 1. The average molecular weight is 238 g/mol. The lowest BCUT2D eigenvalue weighted by Gasteiger charge is -2.28. The summed E-state index contributed by atoms with van der Waals surface area (Å²) in [7, 11) is 1.66. The monoisotopic (exact) mass is 238 g/mol. The number of aromatic nitrogens is 2. The highest BCUT2D eigenvalue weighted by Gasteiger charge is 2.16. The molecule has 1 aliphatic heterocycles. The molecule has 1 aliphatic rings. The molecule has 0 saturated carbocycles. The van der Waals surface area contributed by atoms with Crippen molar-refractivity contribution >= 4 is 17.7 Å². The number of hydrogen-bond acceptors (Lipinski definition) is 6. The third-order valence-electron chi connectivity index (χ3n) is 2.49. The van der Waals surface area contributed by atoms with Crippen LogP contribution in [0.2, 0.25) is 0 Å². The van der Waals surface area contributed by atoms with Crippen LogP contribution in [0, 0.1) is 0 Å². The Morgan fingerprint density at radius 3 is 2.76 bits per heavy atom. The number of hydrogen-bond donors (Lipinski definition) is 2. The van der Waals surface area contributed by atoms with Crippen molar-refractivity contribution in [1.29, 1.82) is 0 Å². The van der Waals surface area contributed by atoms with Crippen molar-refractivity contribution in [2.75, 3.05) is 43.6 Å². The Kier molecular flexibility index (Phi) is 3.38. The molecule has 92 valence electrons. The molecule has 0 aliphatic carbocycles. The number of nitrogens with one attached hydrogen (secondary N) is 1.